The summed E-state index contributed by atoms with van der Waals surface area (Å²) in [6.07, 6.45) is 3.48. The number of ether oxygens (including phenoxy) is 4. The zero-order valence-electron chi connectivity index (χ0n) is 19.4. The van der Waals surface area contributed by atoms with Crippen LogP contribution in [-0.4, -0.2) is 68.3 Å². The second-order valence-electron chi connectivity index (χ2n) is 7.98. The van der Waals surface area contributed by atoms with Gasteiger partial charge in [-0.2, -0.15) is 0 Å². The molecular formula is C26H32N2O5. The fourth-order valence-electron chi connectivity index (χ4n) is 4.01. The van der Waals surface area contributed by atoms with Crippen molar-refractivity contribution in [2.24, 2.45) is 0 Å². The van der Waals surface area contributed by atoms with Crippen LogP contribution in [0.5, 0.6) is 23.0 Å². The third-order valence-electron chi connectivity index (χ3n) is 5.68. The van der Waals surface area contributed by atoms with Crippen molar-refractivity contribution < 1.29 is 23.7 Å². The summed E-state index contributed by atoms with van der Waals surface area (Å²) in [4.78, 5) is 17.0. The van der Waals surface area contributed by atoms with Gasteiger partial charge in [0.25, 0.3) is 0 Å². The van der Waals surface area contributed by atoms with Crippen LogP contribution in [0.15, 0.2) is 42.5 Å². The molecule has 176 valence electrons. The van der Waals surface area contributed by atoms with Gasteiger partial charge in [-0.15, -0.1) is 0 Å². The minimum absolute atomic E-state index is 0.0285. The van der Waals surface area contributed by atoms with Gasteiger partial charge in [-0.1, -0.05) is 12.1 Å². The predicted molar refractivity (Wildman–Crippen MR) is 127 cm³/mol. The van der Waals surface area contributed by atoms with Crippen LogP contribution in [0.4, 0.5) is 0 Å². The molecule has 2 heterocycles. The Labute approximate surface area is 195 Å². The zero-order valence-corrected chi connectivity index (χ0v) is 19.4. The number of hydrogen-bond acceptors (Lipinski definition) is 6. The van der Waals surface area contributed by atoms with Crippen LogP contribution < -0.4 is 18.9 Å². The normalized spacial score (nSPS) is 16.1. The maximum absolute atomic E-state index is 12.7. The third-order valence-corrected chi connectivity index (χ3v) is 5.68. The van der Waals surface area contributed by atoms with E-state index in [9.17, 15) is 4.79 Å². The number of nitrogens with zero attached hydrogens (tertiary/aromatic N) is 2. The van der Waals surface area contributed by atoms with Crippen molar-refractivity contribution in [1.82, 2.24) is 9.80 Å². The zero-order chi connectivity index (χ0) is 23.0. The molecule has 0 aliphatic carbocycles. The van der Waals surface area contributed by atoms with Gasteiger partial charge in [0, 0.05) is 38.8 Å². The number of piperazine rings is 1. The summed E-state index contributed by atoms with van der Waals surface area (Å²) in [5.41, 5.74) is 2.10. The molecule has 0 spiro atoms. The molecule has 0 radical (unpaired) electrons. The first kappa shape index (κ1) is 23.0. The lowest BCUT2D eigenvalue weighted by molar-refractivity contribution is -0.127. The standard InChI is InChI=1S/C26H32N2O5/c1-3-30-22-8-5-20(17-24(22)31-4-2)7-10-26(29)28-13-11-27(12-14-28)19-21-6-9-23-25(18-21)33-16-15-32-23/h5-10,17-18H,3-4,11-16,19H2,1-2H3/b10-7+. The monoisotopic (exact) mass is 452 g/mol. The van der Waals surface area contributed by atoms with Crippen molar-refractivity contribution in [3.63, 3.8) is 0 Å². The first-order valence-electron chi connectivity index (χ1n) is 11.6. The van der Waals surface area contributed by atoms with Crippen LogP contribution in [0, 0.1) is 0 Å². The van der Waals surface area contributed by atoms with Gasteiger partial charge in [-0.05, 0) is 55.3 Å². The molecule has 0 unspecified atom stereocenters. The van der Waals surface area contributed by atoms with Gasteiger partial charge in [-0.25, -0.2) is 0 Å². The highest BCUT2D eigenvalue weighted by molar-refractivity contribution is 5.92. The van der Waals surface area contributed by atoms with Crippen molar-refractivity contribution in [2.45, 2.75) is 20.4 Å². The summed E-state index contributed by atoms with van der Waals surface area (Å²) < 4.78 is 22.6. The maximum Gasteiger partial charge on any atom is 0.246 e. The van der Waals surface area contributed by atoms with Crippen LogP contribution in [0.25, 0.3) is 6.08 Å². The van der Waals surface area contributed by atoms with Crippen LogP contribution in [0.1, 0.15) is 25.0 Å². The highest BCUT2D eigenvalue weighted by Crippen LogP contribution is 2.31. The van der Waals surface area contributed by atoms with E-state index in [0.717, 1.165) is 42.4 Å². The van der Waals surface area contributed by atoms with Crippen LogP contribution >= 0.6 is 0 Å². The largest absolute Gasteiger partial charge is 0.490 e. The molecule has 7 nitrogen and oxygen atoms in total. The molecule has 1 fully saturated rings. The molecule has 2 aliphatic heterocycles. The predicted octanol–water partition coefficient (Wildman–Crippen LogP) is 3.61. The topological polar surface area (TPSA) is 60.5 Å². The maximum atomic E-state index is 12.7. The van der Waals surface area contributed by atoms with E-state index in [2.05, 4.69) is 17.0 Å². The lowest BCUT2D eigenvalue weighted by Crippen LogP contribution is -2.47. The molecule has 2 aliphatic rings. The van der Waals surface area contributed by atoms with Crippen molar-refractivity contribution in [1.29, 1.82) is 0 Å². The van der Waals surface area contributed by atoms with Crippen molar-refractivity contribution in [2.75, 3.05) is 52.6 Å². The molecule has 0 N–H and O–H groups in total. The Morgan fingerprint density at radius 1 is 0.909 bits per heavy atom. The van der Waals surface area contributed by atoms with E-state index in [1.54, 1.807) is 6.08 Å². The Morgan fingerprint density at radius 2 is 1.64 bits per heavy atom. The molecule has 0 aromatic heterocycles. The lowest BCUT2D eigenvalue weighted by Gasteiger charge is -2.34. The lowest BCUT2D eigenvalue weighted by atomic mass is 10.1. The molecule has 1 saturated heterocycles. The second-order valence-corrected chi connectivity index (χ2v) is 7.98. The highest BCUT2D eigenvalue weighted by atomic mass is 16.6. The van der Waals surface area contributed by atoms with Gasteiger partial charge in [-0.3, -0.25) is 9.69 Å². The molecule has 4 rings (SSSR count). The average molecular weight is 453 g/mol. The molecular weight excluding hydrogens is 420 g/mol. The third kappa shape index (κ3) is 5.99. The van der Waals surface area contributed by atoms with E-state index in [1.807, 2.05) is 49.1 Å². The number of hydrogen-bond donors (Lipinski definition) is 0. The molecule has 0 bridgehead atoms. The second kappa shape index (κ2) is 11.1. The van der Waals surface area contributed by atoms with Gasteiger partial charge in [0.15, 0.2) is 23.0 Å². The van der Waals surface area contributed by atoms with E-state index in [-0.39, 0.29) is 5.91 Å². The number of fused-ring (bicyclic) bond motifs is 1. The van der Waals surface area contributed by atoms with Gasteiger partial charge in [0.2, 0.25) is 5.91 Å². The Bertz CT molecular complexity index is 983. The van der Waals surface area contributed by atoms with Crippen LogP contribution in [-0.2, 0) is 11.3 Å². The SMILES string of the molecule is CCOc1ccc(/C=C/C(=O)N2CCN(Cc3ccc4c(c3)OCCO4)CC2)cc1OCC. The van der Waals surface area contributed by atoms with E-state index in [4.69, 9.17) is 18.9 Å². The van der Waals surface area contributed by atoms with Crippen molar-refractivity contribution >= 4 is 12.0 Å². The van der Waals surface area contributed by atoms with Crippen molar-refractivity contribution in [3.8, 4) is 23.0 Å². The quantitative estimate of drug-likeness (QED) is 0.571. The minimum atomic E-state index is 0.0285. The van der Waals surface area contributed by atoms with Crippen LogP contribution in [0.3, 0.4) is 0 Å². The Balaban J connectivity index is 1.29. The number of carbonyl (C=O) groups is 1. The van der Waals surface area contributed by atoms with Gasteiger partial charge < -0.3 is 23.8 Å². The van der Waals surface area contributed by atoms with E-state index >= 15 is 0 Å². The summed E-state index contributed by atoms with van der Waals surface area (Å²) >= 11 is 0. The highest BCUT2D eigenvalue weighted by Gasteiger charge is 2.20. The number of rotatable bonds is 8. The van der Waals surface area contributed by atoms with Crippen LogP contribution in [0.2, 0.25) is 0 Å². The summed E-state index contributed by atoms with van der Waals surface area (Å²) in [5, 5.41) is 0. The molecule has 0 atom stereocenters. The molecule has 0 saturated carbocycles. The summed E-state index contributed by atoms with van der Waals surface area (Å²) in [6.45, 7) is 10.1. The fourth-order valence-corrected chi connectivity index (χ4v) is 4.01. The molecule has 7 heteroatoms. The van der Waals surface area contributed by atoms with Crippen molar-refractivity contribution in [3.05, 3.63) is 53.6 Å². The van der Waals surface area contributed by atoms with Gasteiger partial charge in [0.05, 0.1) is 13.2 Å². The van der Waals surface area contributed by atoms with Gasteiger partial charge in [0.1, 0.15) is 13.2 Å². The Hall–Kier alpha value is -3.19. The van der Waals surface area contributed by atoms with E-state index in [0.29, 0.717) is 45.3 Å². The average Bonchev–Trinajstić information content (AvgIpc) is 2.84. The number of amides is 1. The fraction of sp³-hybridized carbons (Fsp3) is 0.423. The van der Waals surface area contributed by atoms with Gasteiger partial charge >= 0.3 is 0 Å². The molecule has 2 aromatic carbocycles. The first-order valence-corrected chi connectivity index (χ1v) is 11.6. The summed E-state index contributed by atoms with van der Waals surface area (Å²) in [7, 11) is 0. The molecule has 33 heavy (non-hydrogen) atoms. The number of carbonyl (C=O) groups excluding carboxylic acids is 1. The van der Waals surface area contributed by atoms with E-state index in [1.165, 1.54) is 5.56 Å². The summed E-state index contributed by atoms with van der Waals surface area (Å²) in [6, 6.07) is 11.8. The molecule has 1 amide bonds. The first-order chi connectivity index (χ1) is 16.2. The smallest absolute Gasteiger partial charge is 0.246 e. The summed E-state index contributed by atoms with van der Waals surface area (Å²) in [5.74, 6) is 3.08. The Kier molecular flexibility index (Phi) is 7.73. The molecule has 2 aromatic rings. The Morgan fingerprint density at radius 3 is 2.39 bits per heavy atom. The number of benzene rings is 2. The minimum Gasteiger partial charge on any atom is -0.490 e. The van der Waals surface area contributed by atoms with E-state index < -0.39 is 0 Å².